The van der Waals surface area contributed by atoms with Crippen molar-refractivity contribution in [2.75, 3.05) is 5.32 Å². The van der Waals surface area contributed by atoms with Crippen LogP contribution in [-0.2, 0) is 11.0 Å². The maximum absolute atomic E-state index is 12.6. The molecule has 0 unspecified atom stereocenters. The normalized spacial score (nSPS) is 17.9. The second-order valence-electron chi connectivity index (χ2n) is 5.09. The van der Waals surface area contributed by atoms with Gasteiger partial charge in [-0.3, -0.25) is 4.79 Å². The van der Waals surface area contributed by atoms with Crippen LogP contribution in [0.1, 0.15) is 37.8 Å². The minimum absolute atomic E-state index is 0.0722. The van der Waals surface area contributed by atoms with Gasteiger partial charge in [0, 0.05) is 5.54 Å². The highest BCUT2D eigenvalue weighted by Crippen LogP contribution is 2.36. The summed E-state index contributed by atoms with van der Waals surface area (Å²) in [6.45, 7) is 0. The molecule has 0 atom stereocenters. The fraction of sp³-hybridized carbons (Fsp3) is 0.538. The van der Waals surface area contributed by atoms with Crippen LogP contribution in [0.4, 0.5) is 19.0 Å². The van der Waals surface area contributed by atoms with Crippen LogP contribution in [0.25, 0.3) is 0 Å². The second kappa shape index (κ2) is 5.30. The van der Waals surface area contributed by atoms with Crippen LogP contribution >= 0.6 is 0 Å². The van der Waals surface area contributed by atoms with E-state index in [0.717, 1.165) is 18.9 Å². The topological polar surface area (TPSA) is 62.2 Å². The first-order valence-corrected chi connectivity index (χ1v) is 6.35. The van der Waals surface area contributed by atoms with E-state index in [-0.39, 0.29) is 12.2 Å². The molecule has 0 bridgehead atoms. The molecule has 0 aliphatic heterocycles. The van der Waals surface area contributed by atoms with Gasteiger partial charge < -0.3 is 10.4 Å². The third-order valence-electron chi connectivity index (χ3n) is 3.48. The van der Waals surface area contributed by atoms with Gasteiger partial charge >= 0.3 is 12.1 Å². The standard InChI is InChI=1S/C13H15F3N2O2/c14-13(15,16)9-4-3-5-10(17-9)18-12(8-11(19)20)6-1-2-7-12/h3-5H,1-2,6-8H2,(H,17,18)(H,19,20). The monoisotopic (exact) mass is 288 g/mol. The van der Waals surface area contributed by atoms with E-state index in [0.29, 0.717) is 12.8 Å². The van der Waals surface area contributed by atoms with Crippen molar-refractivity contribution in [1.82, 2.24) is 4.98 Å². The summed E-state index contributed by atoms with van der Waals surface area (Å²) in [6, 6.07) is 3.59. The first-order valence-electron chi connectivity index (χ1n) is 6.35. The molecule has 0 radical (unpaired) electrons. The minimum Gasteiger partial charge on any atom is -0.481 e. The molecule has 1 aliphatic carbocycles. The van der Waals surface area contributed by atoms with Crippen molar-refractivity contribution in [2.45, 2.75) is 43.8 Å². The molecule has 1 saturated carbocycles. The molecule has 4 nitrogen and oxygen atoms in total. The zero-order chi connectivity index (χ0) is 14.8. The van der Waals surface area contributed by atoms with E-state index in [1.807, 2.05) is 0 Å². The van der Waals surface area contributed by atoms with E-state index in [1.165, 1.54) is 12.1 Å². The van der Waals surface area contributed by atoms with Gasteiger partial charge in [-0.2, -0.15) is 13.2 Å². The SMILES string of the molecule is O=C(O)CC1(Nc2cccc(C(F)(F)F)n2)CCCC1. The van der Waals surface area contributed by atoms with Crippen molar-refractivity contribution in [2.24, 2.45) is 0 Å². The highest BCUT2D eigenvalue weighted by atomic mass is 19.4. The molecular formula is C13H15F3N2O2. The Kier molecular flexibility index (Phi) is 3.87. The Morgan fingerprint density at radius 1 is 1.35 bits per heavy atom. The predicted octanol–water partition coefficient (Wildman–Crippen LogP) is 3.30. The van der Waals surface area contributed by atoms with E-state index in [1.54, 1.807) is 0 Å². The van der Waals surface area contributed by atoms with Crippen molar-refractivity contribution in [1.29, 1.82) is 0 Å². The van der Waals surface area contributed by atoms with Crippen molar-refractivity contribution in [3.8, 4) is 0 Å². The largest absolute Gasteiger partial charge is 0.481 e. The fourth-order valence-electron chi connectivity index (χ4n) is 2.62. The number of alkyl halides is 3. The smallest absolute Gasteiger partial charge is 0.433 e. The van der Waals surface area contributed by atoms with Crippen molar-refractivity contribution >= 4 is 11.8 Å². The molecule has 7 heteroatoms. The number of carbonyl (C=O) groups is 1. The third kappa shape index (κ3) is 3.40. The van der Waals surface area contributed by atoms with Crippen LogP contribution in [-0.4, -0.2) is 21.6 Å². The number of halogens is 3. The molecule has 110 valence electrons. The van der Waals surface area contributed by atoms with E-state index in [2.05, 4.69) is 10.3 Å². The summed E-state index contributed by atoms with van der Waals surface area (Å²) >= 11 is 0. The summed E-state index contributed by atoms with van der Waals surface area (Å²) in [4.78, 5) is 14.5. The average Bonchev–Trinajstić information content (AvgIpc) is 2.75. The van der Waals surface area contributed by atoms with Crippen LogP contribution in [0.15, 0.2) is 18.2 Å². The number of hydrogen-bond acceptors (Lipinski definition) is 3. The molecule has 0 aromatic carbocycles. The highest BCUT2D eigenvalue weighted by Gasteiger charge is 2.37. The zero-order valence-corrected chi connectivity index (χ0v) is 10.7. The van der Waals surface area contributed by atoms with E-state index in [9.17, 15) is 18.0 Å². The summed E-state index contributed by atoms with van der Waals surface area (Å²) in [6.07, 6.45) is -1.66. The lowest BCUT2D eigenvalue weighted by molar-refractivity contribution is -0.141. The van der Waals surface area contributed by atoms with E-state index < -0.39 is 23.4 Å². The molecular weight excluding hydrogens is 273 g/mol. The number of anilines is 1. The van der Waals surface area contributed by atoms with Gasteiger partial charge in [0.05, 0.1) is 6.42 Å². The lowest BCUT2D eigenvalue weighted by Gasteiger charge is -2.29. The van der Waals surface area contributed by atoms with Gasteiger partial charge in [-0.25, -0.2) is 4.98 Å². The Bertz CT molecular complexity index is 497. The first-order chi connectivity index (χ1) is 9.31. The van der Waals surface area contributed by atoms with E-state index >= 15 is 0 Å². The average molecular weight is 288 g/mol. The van der Waals surface area contributed by atoms with E-state index in [4.69, 9.17) is 5.11 Å². The van der Waals surface area contributed by atoms with Gasteiger partial charge in [0.25, 0.3) is 0 Å². The van der Waals surface area contributed by atoms with Crippen molar-refractivity contribution < 1.29 is 23.1 Å². The Morgan fingerprint density at radius 2 is 2.00 bits per heavy atom. The van der Waals surface area contributed by atoms with Crippen LogP contribution < -0.4 is 5.32 Å². The number of nitrogens with zero attached hydrogens (tertiary/aromatic N) is 1. The number of aromatic nitrogens is 1. The van der Waals surface area contributed by atoms with Gasteiger partial charge in [-0.05, 0) is 25.0 Å². The van der Waals surface area contributed by atoms with Crippen molar-refractivity contribution in [3.05, 3.63) is 23.9 Å². The Hall–Kier alpha value is -1.79. The quantitative estimate of drug-likeness (QED) is 0.892. The summed E-state index contributed by atoms with van der Waals surface area (Å²) in [5.74, 6) is -0.894. The molecule has 2 N–H and O–H groups in total. The number of carboxylic acid groups (broad SMARTS) is 1. The molecule has 0 spiro atoms. The Labute approximate surface area is 114 Å². The Balaban J connectivity index is 2.21. The van der Waals surface area contributed by atoms with Crippen LogP contribution in [0, 0.1) is 0 Å². The highest BCUT2D eigenvalue weighted by molar-refractivity contribution is 5.69. The number of aliphatic carboxylic acids is 1. The molecule has 1 aromatic heterocycles. The number of rotatable bonds is 4. The number of pyridine rings is 1. The maximum atomic E-state index is 12.6. The van der Waals surface area contributed by atoms with Crippen LogP contribution in [0.5, 0.6) is 0 Å². The molecule has 1 aromatic rings. The molecule has 1 aliphatic rings. The van der Waals surface area contributed by atoms with Crippen LogP contribution in [0.3, 0.4) is 0 Å². The lowest BCUT2D eigenvalue weighted by Crippen LogP contribution is -2.38. The molecule has 1 heterocycles. The summed E-state index contributed by atoms with van der Waals surface area (Å²) in [5.41, 5.74) is -1.67. The molecule has 0 amide bonds. The number of carboxylic acids is 1. The van der Waals surface area contributed by atoms with Gasteiger partial charge in [0.15, 0.2) is 0 Å². The maximum Gasteiger partial charge on any atom is 0.433 e. The molecule has 2 rings (SSSR count). The second-order valence-corrected chi connectivity index (χ2v) is 5.09. The van der Waals surface area contributed by atoms with Gasteiger partial charge in [-0.15, -0.1) is 0 Å². The summed E-state index contributed by atoms with van der Waals surface area (Å²) < 4.78 is 37.8. The summed E-state index contributed by atoms with van der Waals surface area (Å²) in [7, 11) is 0. The van der Waals surface area contributed by atoms with Gasteiger partial charge in [-0.1, -0.05) is 18.9 Å². The fourth-order valence-corrected chi connectivity index (χ4v) is 2.62. The number of nitrogens with one attached hydrogen (secondary N) is 1. The first kappa shape index (κ1) is 14.6. The van der Waals surface area contributed by atoms with Crippen molar-refractivity contribution in [3.63, 3.8) is 0 Å². The molecule has 0 saturated heterocycles. The number of hydrogen-bond donors (Lipinski definition) is 2. The van der Waals surface area contributed by atoms with Gasteiger partial charge in [0.1, 0.15) is 11.5 Å². The third-order valence-corrected chi connectivity index (χ3v) is 3.48. The summed E-state index contributed by atoms with van der Waals surface area (Å²) in [5, 5.41) is 11.9. The molecule has 20 heavy (non-hydrogen) atoms. The zero-order valence-electron chi connectivity index (χ0n) is 10.7. The Morgan fingerprint density at radius 3 is 2.55 bits per heavy atom. The predicted molar refractivity (Wildman–Crippen MR) is 66.3 cm³/mol. The minimum atomic E-state index is -4.51. The van der Waals surface area contributed by atoms with Gasteiger partial charge in [0.2, 0.25) is 0 Å². The lowest BCUT2D eigenvalue weighted by atomic mass is 9.93. The molecule has 1 fully saturated rings. The van der Waals surface area contributed by atoms with Crippen LogP contribution in [0.2, 0.25) is 0 Å².